The van der Waals surface area contributed by atoms with Crippen molar-refractivity contribution in [3.8, 4) is 10.6 Å². The van der Waals surface area contributed by atoms with Gasteiger partial charge in [0.2, 0.25) is 0 Å². The number of benzene rings is 1. The van der Waals surface area contributed by atoms with Crippen LogP contribution in [0.5, 0.6) is 0 Å². The fourth-order valence-electron chi connectivity index (χ4n) is 1.66. The third kappa shape index (κ3) is 3.88. The van der Waals surface area contributed by atoms with Gasteiger partial charge in [-0.25, -0.2) is 9.78 Å². The molecular formula is C15H17NO3S. The van der Waals surface area contributed by atoms with Crippen LogP contribution in [0.15, 0.2) is 29.6 Å². The second-order valence-electron chi connectivity index (χ2n) is 4.95. The van der Waals surface area contributed by atoms with Gasteiger partial charge in [-0.3, -0.25) is 0 Å². The molecule has 0 unspecified atom stereocenters. The minimum atomic E-state index is -0.994. The Kier molecular flexibility index (Phi) is 4.87. The summed E-state index contributed by atoms with van der Waals surface area (Å²) >= 11 is 1.34. The highest BCUT2D eigenvalue weighted by atomic mass is 32.1. The molecule has 0 fully saturated rings. The van der Waals surface area contributed by atoms with Gasteiger partial charge in [0, 0.05) is 17.6 Å². The zero-order valence-corrected chi connectivity index (χ0v) is 12.3. The molecule has 0 amide bonds. The summed E-state index contributed by atoms with van der Waals surface area (Å²) < 4.78 is 5.57. The van der Waals surface area contributed by atoms with Crippen LogP contribution in [0.4, 0.5) is 0 Å². The fraction of sp³-hybridized carbons (Fsp3) is 0.333. The number of carbonyl (C=O) groups is 1. The quantitative estimate of drug-likeness (QED) is 0.882. The summed E-state index contributed by atoms with van der Waals surface area (Å²) in [5, 5.41) is 11.1. The summed E-state index contributed by atoms with van der Waals surface area (Å²) in [6.07, 6.45) is 0. The molecule has 0 spiro atoms. The molecule has 2 aromatic rings. The van der Waals surface area contributed by atoms with Gasteiger partial charge in [0.05, 0.1) is 6.61 Å². The van der Waals surface area contributed by atoms with E-state index in [-0.39, 0.29) is 5.69 Å². The topological polar surface area (TPSA) is 59.4 Å². The Morgan fingerprint density at radius 3 is 2.60 bits per heavy atom. The van der Waals surface area contributed by atoms with Gasteiger partial charge in [0.25, 0.3) is 0 Å². The molecular weight excluding hydrogens is 274 g/mol. The van der Waals surface area contributed by atoms with Crippen molar-refractivity contribution >= 4 is 17.3 Å². The molecule has 20 heavy (non-hydrogen) atoms. The van der Waals surface area contributed by atoms with Gasteiger partial charge >= 0.3 is 5.97 Å². The Balaban J connectivity index is 2.01. The summed E-state index contributed by atoms with van der Waals surface area (Å²) in [6.45, 7) is 5.57. The lowest BCUT2D eigenvalue weighted by molar-refractivity contribution is 0.0691. The van der Waals surface area contributed by atoms with Crippen LogP contribution in [0.3, 0.4) is 0 Å². The Labute approximate surface area is 122 Å². The van der Waals surface area contributed by atoms with Gasteiger partial charge in [-0.15, -0.1) is 11.3 Å². The molecule has 1 aromatic carbocycles. The van der Waals surface area contributed by atoms with E-state index in [2.05, 4.69) is 18.8 Å². The summed E-state index contributed by atoms with van der Waals surface area (Å²) in [6, 6.07) is 7.85. The first-order valence-electron chi connectivity index (χ1n) is 6.42. The van der Waals surface area contributed by atoms with Crippen LogP contribution in [0, 0.1) is 5.92 Å². The molecule has 0 aliphatic rings. The lowest BCUT2D eigenvalue weighted by atomic mass is 10.1. The zero-order valence-electron chi connectivity index (χ0n) is 11.5. The van der Waals surface area contributed by atoms with Crippen LogP contribution in [0.1, 0.15) is 29.9 Å². The molecule has 4 nitrogen and oxygen atoms in total. The predicted octanol–water partition coefficient (Wildman–Crippen LogP) is 3.68. The first-order chi connectivity index (χ1) is 9.56. The van der Waals surface area contributed by atoms with Gasteiger partial charge in [-0.05, 0) is 11.5 Å². The molecule has 1 heterocycles. The largest absolute Gasteiger partial charge is 0.476 e. The average molecular weight is 291 g/mol. The number of hydrogen-bond donors (Lipinski definition) is 1. The number of aromatic carboxylic acids is 1. The lowest BCUT2D eigenvalue weighted by Crippen LogP contribution is -2.01. The molecule has 0 saturated carbocycles. The molecule has 1 aromatic heterocycles. The van der Waals surface area contributed by atoms with E-state index >= 15 is 0 Å². The fourth-order valence-corrected chi connectivity index (χ4v) is 2.46. The first kappa shape index (κ1) is 14.7. The zero-order chi connectivity index (χ0) is 14.5. The van der Waals surface area contributed by atoms with E-state index in [9.17, 15) is 4.79 Å². The third-order valence-electron chi connectivity index (χ3n) is 2.64. The Morgan fingerprint density at radius 2 is 2.05 bits per heavy atom. The maximum Gasteiger partial charge on any atom is 0.355 e. The molecule has 106 valence electrons. The number of hydrogen-bond acceptors (Lipinski definition) is 4. The number of carboxylic acids is 1. The van der Waals surface area contributed by atoms with Crippen molar-refractivity contribution in [1.29, 1.82) is 0 Å². The highest BCUT2D eigenvalue weighted by Gasteiger charge is 2.09. The highest BCUT2D eigenvalue weighted by molar-refractivity contribution is 7.13. The second kappa shape index (κ2) is 6.63. The number of carboxylic acid groups (broad SMARTS) is 1. The van der Waals surface area contributed by atoms with Crippen molar-refractivity contribution in [3.63, 3.8) is 0 Å². The summed E-state index contributed by atoms with van der Waals surface area (Å²) in [4.78, 5) is 14.9. The van der Waals surface area contributed by atoms with Gasteiger partial charge in [0.15, 0.2) is 5.69 Å². The van der Waals surface area contributed by atoms with Crippen molar-refractivity contribution in [3.05, 3.63) is 40.9 Å². The maximum atomic E-state index is 10.8. The SMILES string of the molecule is CC(C)COCc1ccc(-c2nc(C(=O)O)cs2)cc1. The smallest absolute Gasteiger partial charge is 0.355 e. The number of rotatable bonds is 6. The molecule has 1 N–H and O–H groups in total. The summed E-state index contributed by atoms with van der Waals surface area (Å²) in [7, 11) is 0. The third-order valence-corrected chi connectivity index (χ3v) is 3.54. The van der Waals surface area contributed by atoms with E-state index in [4.69, 9.17) is 9.84 Å². The molecule has 2 rings (SSSR count). The summed E-state index contributed by atoms with van der Waals surface area (Å²) in [5.41, 5.74) is 2.12. The number of ether oxygens (including phenoxy) is 1. The van der Waals surface area contributed by atoms with E-state index in [1.54, 1.807) is 5.38 Å². The van der Waals surface area contributed by atoms with Gasteiger partial charge < -0.3 is 9.84 Å². The van der Waals surface area contributed by atoms with Crippen LogP contribution in [0.25, 0.3) is 10.6 Å². The minimum absolute atomic E-state index is 0.0920. The van der Waals surface area contributed by atoms with Crippen LogP contribution in [0.2, 0.25) is 0 Å². The van der Waals surface area contributed by atoms with E-state index in [1.165, 1.54) is 11.3 Å². The van der Waals surface area contributed by atoms with Crippen LogP contribution in [-0.2, 0) is 11.3 Å². The normalized spacial score (nSPS) is 10.9. The first-order valence-corrected chi connectivity index (χ1v) is 7.30. The predicted molar refractivity (Wildman–Crippen MR) is 79.0 cm³/mol. The van der Waals surface area contributed by atoms with Crippen molar-refractivity contribution in [2.24, 2.45) is 5.92 Å². The Bertz CT molecular complexity index is 575. The van der Waals surface area contributed by atoms with Crippen molar-refractivity contribution < 1.29 is 14.6 Å². The lowest BCUT2D eigenvalue weighted by Gasteiger charge is -2.07. The van der Waals surface area contributed by atoms with E-state index in [0.29, 0.717) is 12.5 Å². The molecule has 0 atom stereocenters. The molecule has 5 heteroatoms. The average Bonchev–Trinajstić information content (AvgIpc) is 2.89. The van der Waals surface area contributed by atoms with Crippen molar-refractivity contribution in [1.82, 2.24) is 4.98 Å². The van der Waals surface area contributed by atoms with E-state index in [1.807, 2.05) is 24.3 Å². The number of aromatic nitrogens is 1. The molecule has 0 aliphatic heterocycles. The van der Waals surface area contributed by atoms with Gasteiger partial charge in [-0.2, -0.15) is 0 Å². The van der Waals surface area contributed by atoms with Crippen LogP contribution < -0.4 is 0 Å². The minimum Gasteiger partial charge on any atom is -0.476 e. The molecule has 0 radical (unpaired) electrons. The maximum absolute atomic E-state index is 10.8. The Hall–Kier alpha value is -1.72. The molecule has 0 bridgehead atoms. The van der Waals surface area contributed by atoms with Gasteiger partial charge in [0.1, 0.15) is 5.01 Å². The Morgan fingerprint density at radius 1 is 1.35 bits per heavy atom. The van der Waals surface area contributed by atoms with Gasteiger partial charge in [-0.1, -0.05) is 38.1 Å². The van der Waals surface area contributed by atoms with Crippen LogP contribution in [-0.4, -0.2) is 22.7 Å². The molecule has 0 saturated heterocycles. The second-order valence-corrected chi connectivity index (χ2v) is 5.81. The number of nitrogens with zero attached hydrogens (tertiary/aromatic N) is 1. The standard InChI is InChI=1S/C15H17NO3S/c1-10(2)7-19-8-11-3-5-12(6-4-11)14-16-13(9-20-14)15(17)18/h3-6,9-10H,7-8H2,1-2H3,(H,17,18). The summed E-state index contributed by atoms with van der Waals surface area (Å²) in [5.74, 6) is -0.467. The van der Waals surface area contributed by atoms with Crippen molar-refractivity contribution in [2.75, 3.05) is 6.61 Å². The highest BCUT2D eigenvalue weighted by Crippen LogP contribution is 2.24. The number of thiazole rings is 1. The monoisotopic (exact) mass is 291 g/mol. The van der Waals surface area contributed by atoms with E-state index < -0.39 is 5.97 Å². The van der Waals surface area contributed by atoms with Crippen LogP contribution >= 0.6 is 11.3 Å². The molecule has 0 aliphatic carbocycles. The van der Waals surface area contributed by atoms with Crippen molar-refractivity contribution in [2.45, 2.75) is 20.5 Å². The van der Waals surface area contributed by atoms with E-state index in [0.717, 1.165) is 22.7 Å².